The average Bonchev–Trinajstić information content (AvgIpc) is 2.44. The minimum absolute atomic E-state index is 0.161. The predicted molar refractivity (Wildman–Crippen MR) is 67.1 cm³/mol. The molecule has 0 unspecified atom stereocenters. The molecular weight excluding hydrogens is 234 g/mol. The van der Waals surface area contributed by atoms with Crippen LogP contribution in [0.1, 0.15) is 11.1 Å². The summed E-state index contributed by atoms with van der Waals surface area (Å²) >= 11 is 0. The van der Waals surface area contributed by atoms with Crippen LogP contribution in [-0.2, 0) is 12.0 Å². The number of hydrogen-bond donors (Lipinski definition) is 3. The van der Waals surface area contributed by atoms with Crippen LogP contribution in [0.4, 0.5) is 0 Å². The lowest BCUT2D eigenvalue weighted by atomic mass is 9.83. The van der Waals surface area contributed by atoms with Gasteiger partial charge in [-0.25, -0.2) is 0 Å². The molecule has 1 aliphatic heterocycles. The molecule has 0 spiro atoms. The van der Waals surface area contributed by atoms with E-state index in [4.69, 9.17) is 9.47 Å². The molecule has 1 aliphatic rings. The van der Waals surface area contributed by atoms with Crippen LogP contribution in [-0.4, -0.2) is 44.2 Å². The second-order valence-corrected chi connectivity index (χ2v) is 4.44. The third-order valence-corrected chi connectivity index (χ3v) is 3.52. The van der Waals surface area contributed by atoms with Gasteiger partial charge >= 0.3 is 0 Å². The highest BCUT2D eigenvalue weighted by Crippen LogP contribution is 2.37. The first-order chi connectivity index (χ1) is 8.70. The standard InChI is InChI=1S/C13H19NO4/c1-17-11-5-9-3-4-14-13(7-15,8-16)10(9)6-12(11)18-2/h5-6,14-16H,3-4,7-8H2,1-2H3. The van der Waals surface area contributed by atoms with Crippen LogP contribution in [0.15, 0.2) is 12.1 Å². The lowest BCUT2D eigenvalue weighted by Gasteiger charge is -2.37. The molecule has 0 radical (unpaired) electrons. The van der Waals surface area contributed by atoms with E-state index < -0.39 is 5.54 Å². The first-order valence-corrected chi connectivity index (χ1v) is 5.93. The van der Waals surface area contributed by atoms with Crippen molar-refractivity contribution in [1.82, 2.24) is 5.32 Å². The first kappa shape index (κ1) is 13.1. The van der Waals surface area contributed by atoms with Gasteiger partial charge < -0.3 is 25.0 Å². The highest BCUT2D eigenvalue weighted by atomic mass is 16.5. The summed E-state index contributed by atoms with van der Waals surface area (Å²) in [6.07, 6.45) is 0.831. The number of hydrogen-bond acceptors (Lipinski definition) is 5. The molecule has 0 bridgehead atoms. The van der Waals surface area contributed by atoms with Gasteiger partial charge in [-0.3, -0.25) is 0 Å². The molecule has 5 heteroatoms. The van der Waals surface area contributed by atoms with Gasteiger partial charge in [0.15, 0.2) is 11.5 Å². The lowest BCUT2D eigenvalue weighted by Crippen LogP contribution is -2.52. The van der Waals surface area contributed by atoms with Crippen molar-refractivity contribution in [3.8, 4) is 11.5 Å². The summed E-state index contributed by atoms with van der Waals surface area (Å²) in [6.45, 7) is 0.390. The Labute approximate surface area is 106 Å². The molecule has 5 nitrogen and oxygen atoms in total. The molecule has 0 aromatic heterocycles. The van der Waals surface area contributed by atoms with Gasteiger partial charge in [-0.15, -0.1) is 0 Å². The fourth-order valence-electron chi connectivity index (χ4n) is 2.44. The monoisotopic (exact) mass is 253 g/mol. The van der Waals surface area contributed by atoms with Crippen molar-refractivity contribution in [3.05, 3.63) is 23.3 Å². The van der Waals surface area contributed by atoms with Gasteiger partial charge in [0.25, 0.3) is 0 Å². The maximum absolute atomic E-state index is 9.58. The van der Waals surface area contributed by atoms with Gasteiger partial charge in [-0.1, -0.05) is 0 Å². The Hall–Kier alpha value is -1.30. The molecule has 1 heterocycles. The molecule has 0 atom stereocenters. The number of fused-ring (bicyclic) bond motifs is 1. The normalized spacial score (nSPS) is 17.1. The van der Waals surface area contributed by atoms with Crippen LogP contribution in [0.2, 0.25) is 0 Å². The largest absolute Gasteiger partial charge is 0.493 e. The first-order valence-electron chi connectivity index (χ1n) is 5.93. The molecule has 1 aromatic carbocycles. The van der Waals surface area contributed by atoms with E-state index >= 15 is 0 Å². The number of aliphatic hydroxyl groups is 2. The number of aliphatic hydroxyl groups excluding tert-OH is 2. The van der Waals surface area contributed by atoms with Gasteiger partial charge in [-0.2, -0.15) is 0 Å². The van der Waals surface area contributed by atoms with Gasteiger partial charge in [0.05, 0.1) is 33.0 Å². The Morgan fingerprint density at radius 3 is 2.33 bits per heavy atom. The highest BCUT2D eigenvalue weighted by molar-refractivity contribution is 5.51. The van der Waals surface area contributed by atoms with E-state index in [-0.39, 0.29) is 13.2 Å². The fourth-order valence-corrected chi connectivity index (χ4v) is 2.44. The molecule has 18 heavy (non-hydrogen) atoms. The van der Waals surface area contributed by atoms with Crippen molar-refractivity contribution in [2.75, 3.05) is 34.0 Å². The Kier molecular flexibility index (Phi) is 3.75. The smallest absolute Gasteiger partial charge is 0.161 e. The van der Waals surface area contributed by atoms with E-state index in [1.807, 2.05) is 12.1 Å². The van der Waals surface area contributed by atoms with Crippen LogP contribution in [0.3, 0.4) is 0 Å². The van der Waals surface area contributed by atoms with Crippen LogP contribution in [0.25, 0.3) is 0 Å². The SMILES string of the molecule is COc1cc2c(cc1OC)C(CO)(CO)NCC2. The maximum Gasteiger partial charge on any atom is 0.161 e. The van der Waals surface area contributed by atoms with E-state index in [1.165, 1.54) is 0 Å². The molecule has 1 aromatic rings. The number of benzene rings is 1. The van der Waals surface area contributed by atoms with Crippen molar-refractivity contribution in [1.29, 1.82) is 0 Å². The Bertz CT molecular complexity index is 429. The van der Waals surface area contributed by atoms with Crippen molar-refractivity contribution in [2.45, 2.75) is 12.0 Å². The van der Waals surface area contributed by atoms with Crippen LogP contribution in [0, 0.1) is 0 Å². The van der Waals surface area contributed by atoms with E-state index in [0.717, 1.165) is 17.5 Å². The van der Waals surface area contributed by atoms with E-state index in [2.05, 4.69) is 5.32 Å². The minimum atomic E-state index is -0.798. The fraction of sp³-hybridized carbons (Fsp3) is 0.538. The Morgan fingerprint density at radius 2 is 1.78 bits per heavy atom. The van der Waals surface area contributed by atoms with E-state index in [1.54, 1.807) is 14.2 Å². The van der Waals surface area contributed by atoms with Crippen molar-refractivity contribution >= 4 is 0 Å². The van der Waals surface area contributed by atoms with E-state index in [9.17, 15) is 10.2 Å². The number of rotatable bonds is 4. The average molecular weight is 253 g/mol. The Balaban J connectivity index is 2.56. The molecule has 2 rings (SSSR count). The number of nitrogens with one attached hydrogen (secondary N) is 1. The highest BCUT2D eigenvalue weighted by Gasteiger charge is 2.36. The molecule has 0 saturated carbocycles. The Morgan fingerprint density at radius 1 is 1.17 bits per heavy atom. The zero-order valence-electron chi connectivity index (χ0n) is 10.7. The van der Waals surface area contributed by atoms with E-state index in [0.29, 0.717) is 18.0 Å². The quantitative estimate of drug-likeness (QED) is 0.706. The summed E-state index contributed by atoms with van der Waals surface area (Å²) in [5.74, 6) is 1.27. The molecule has 0 saturated heterocycles. The summed E-state index contributed by atoms with van der Waals surface area (Å²) in [4.78, 5) is 0. The number of ether oxygens (including phenoxy) is 2. The van der Waals surface area contributed by atoms with Crippen molar-refractivity contribution in [3.63, 3.8) is 0 Å². The number of methoxy groups -OCH3 is 2. The molecular formula is C13H19NO4. The molecule has 100 valence electrons. The topological polar surface area (TPSA) is 71.0 Å². The van der Waals surface area contributed by atoms with Crippen LogP contribution >= 0.6 is 0 Å². The van der Waals surface area contributed by atoms with Gasteiger partial charge in [-0.05, 0) is 29.7 Å². The van der Waals surface area contributed by atoms with Crippen molar-refractivity contribution in [2.24, 2.45) is 0 Å². The second kappa shape index (κ2) is 5.14. The predicted octanol–water partition coefficient (Wildman–Crippen LogP) is 0.0294. The molecule has 3 N–H and O–H groups in total. The lowest BCUT2D eigenvalue weighted by molar-refractivity contribution is 0.0845. The van der Waals surface area contributed by atoms with Gasteiger partial charge in [0, 0.05) is 6.54 Å². The molecule has 0 fully saturated rings. The van der Waals surface area contributed by atoms with Gasteiger partial charge in [0.1, 0.15) is 0 Å². The molecule has 0 aliphatic carbocycles. The minimum Gasteiger partial charge on any atom is -0.493 e. The summed E-state index contributed by atoms with van der Waals surface area (Å²) in [5, 5.41) is 22.3. The summed E-state index contributed by atoms with van der Waals surface area (Å²) in [7, 11) is 3.16. The third kappa shape index (κ3) is 1.94. The summed E-state index contributed by atoms with van der Waals surface area (Å²) in [6, 6.07) is 3.74. The second-order valence-electron chi connectivity index (χ2n) is 4.44. The third-order valence-electron chi connectivity index (χ3n) is 3.52. The molecule has 0 amide bonds. The van der Waals surface area contributed by atoms with Crippen LogP contribution < -0.4 is 14.8 Å². The zero-order valence-corrected chi connectivity index (χ0v) is 10.7. The maximum atomic E-state index is 9.58. The summed E-state index contributed by atoms with van der Waals surface area (Å²) in [5.41, 5.74) is 1.14. The van der Waals surface area contributed by atoms with Gasteiger partial charge in [0.2, 0.25) is 0 Å². The summed E-state index contributed by atoms with van der Waals surface area (Å²) < 4.78 is 10.5. The zero-order chi connectivity index (χ0) is 13.2. The van der Waals surface area contributed by atoms with Crippen LogP contribution in [0.5, 0.6) is 11.5 Å². The van der Waals surface area contributed by atoms with Crippen molar-refractivity contribution < 1.29 is 19.7 Å².